The van der Waals surface area contributed by atoms with Crippen LogP contribution >= 0.6 is 10.7 Å². The molecule has 0 bridgehead atoms. The van der Waals surface area contributed by atoms with E-state index in [0.717, 1.165) is 25.7 Å². The summed E-state index contributed by atoms with van der Waals surface area (Å²) in [6.45, 7) is 5.85. The lowest BCUT2D eigenvalue weighted by Gasteiger charge is -2.30. The van der Waals surface area contributed by atoms with Crippen LogP contribution in [0.2, 0.25) is 0 Å². The van der Waals surface area contributed by atoms with Gasteiger partial charge in [0.25, 0.3) is 15.0 Å². The van der Waals surface area contributed by atoms with Crippen molar-refractivity contribution in [3.05, 3.63) is 18.0 Å². The minimum atomic E-state index is -3.83. The van der Waals surface area contributed by atoms with Gasteiger partial charge in [0.2, 0.25) is 0 Å². The molecule has 2 rings (SSSR count). The molecule has 0 saturated heterocycles. The van der Waals surface area contributed by atoms with Crippen LogP contribution in [0.5, 0.6) is 0 Å². The normalized spacial score (nSPS) is 16.6. The highest BCUT2D eigenvalue weighted by Crippen LogP contribution is 2.34. The van der Waals surface area contributed by atoms with Gasteiger partial charge in [-0.25, -0.2) is 8.42 Å². The van der Waals surface area contributed by atoms with Crippen molar-refractivity contribution < 1.29 is 13.2 Å². The Morgan fingerprint density at radius 1 is 1.48 bits per heavy atom. The van der Waals surface area contributed by atoms with E-state index >= 15 is 0 Å². The monoisotopic (exact) mass is 332 g/mol. The number of aromatic nitrogens is 1. The highest BCUT2D eigenvalue weighted by Gasteiger charge is 2.29. The number of rotatable bonds is 5. The number of hydrogen-bond acceptors (Lipinski definition) is 3. The van der Waals surface area contributed by atoms with Crippen molar-refractivity contribution >= 4 is 25.6 Å². The summed E-state index contributed by atoms with van der Waals surface area (Å²) in [5, 5.41) is 2.93. The summed E-state index contributed by atoms with van der Waals surface area (Å²) in [5.41, 5.74) is 0.0201. The number of halogens is 1. The zero-order valence-electron chi connectivity index (χ0n) is 12.5. The minimum Gasteiger partial charge on any atom is -0.346 e. The van der Waals surface area contributed by atoms with Crippen molar-refractivity contribution in [3.8, 4) is 0 Å². The van der Waals surface area contributed by atoms with Crippen molar-refractivity contribution in [2.75, 3.05) is 0 Å². The van der Waals surface area contributed by atoms with Crippen molar-refractivity contribution in [1.29, 1.82) is 0 Å². The second-order valence-corrected chi connectivity index (χ2v) is 8.75. The Morgan fingerprint density at radius 2 is 2.10 bits per heavy atom. The summed E-state index contributed by atoms with van der Waals surface area (Å²) in [4.78, 5) is 12.4. The highest BCUT2D eigenvalue weighted by atomic mass is 35.7. The van der Waals surface area contributed by atoms with Gasteiger partial charge < -0.3 is 9.88 Å². The molecule has 0 aliphatic heterocycles. The van der Waals surface area contributed by atoms with Crippen LogP contribution in [0.4, 0.5) is 0 Å². The molecule has 1 aromatic heterocycles. The molecule has 1 aromatic rings. The van der Waals surface area contributed by atoms with Crippen LogP contribution in [0.1, 0.15) is 63.0 Å². The van der Waals surface area contributed by atoms with Gasteiger partial charge in [-0.05, 0) is 45.6 Å². The summed E-state index contributed by atoms with van der Waals surface area (Å²) in [6, 6.07) is 1.55. The van der Waals surface area contributed by atoms with E-state index in [4.69, 9.17) is 10.7 Å². The van der Waals surface area contributed by atoms with E-state index in [1.54, 1.807) is 4.57 Å². The topological polar surface area (TPSA) is 68.2 Å². The van der Waals surface area contributed by atoms with E-state index in [1.807, 2.05) is 20.8 Å². The first kappa shape index (κ1) is 16.4. The second-order valence-electron chi connectivity index (χ2n) is 6.18. The first-order valence-electron chi connectivity index (χ1n) is 7.13. The van der Waals surface area contributed by atoms with Gasteiger partial charge in [0.15, 0.2) is 0 Å². The first-order valence-corrected chi connectivity index (χ1v) is 9.44. The van der Waals surface area contributed by atoms with Crippen molar-refractivity contribution in [1.82, 2.24) is 9.88 Å². The van der Waals surface area contributed by atoms with Gasteiger partial charge in [-0.2, -0.15) is 0 Å². The summed E-state index contributed by atoms with van der Waals surface area (Å²) < 4.78 is 24.8. The molecule has 0 spiro atoms. The summed E-state index contributed by atoms with van der Waals surface area (Å²) >= 11 is 0. The SMILES string of the molecule is CCC(C)(C)NC(=O)c1cc(S(=O)(=O)Cl)cn1C1CCC1. The quantitative estimate of drug-likeness (QED) is 0.842. The summed E-state index contributed by atoms with van der Waals surface area (Å²) in [7, 11) is 1.57. The third-order valence-corrected chi connectivity index (χ3v) is 5.46. The molecule has 1 saturated carbocycles. The fraction of sp³-hybridized carbons (Fsp3) is 0.643. The van der Waals surface area contributed by atoms with Crippen LogP contribution in [0.25, 0.3) is 0 Å². The first-order chi connectivity index (χ1) is 9.64. The molecular weight excluding hydrogens is 312 g/mol. The molecule has 7 heteroatoms. The van der Waals surface area contributed by atoms with Crippen LogP contribution in [-0.4, -0.2) is 24.4 Å². The highest BCUT2D eigenvalue weighted by molar-refractivity contribution is 8.13. The zero-order valence-corrected chi connectivity index (χ0v) is 14.1. The average molecular weight is 333 g/mol. The molecule has 118 valence electrons. The minimum absolute atomic E-state index is 0.0180. The van der Waals surface area contributed by atoms with Crippen LogP contribution < -0.4 is 5.32 Å². The average Bonchev–Trinajstić information content (AvgIpc) is 2.70. The number of hydrogen-bond donors (Lipinski definition) is 1. The Balaban J connectivity index is 2.37. The van der Waals surface area contributed by atoms with Crippen LogP contribution in [0.15, 0.2) is 17.2 Å². The largest absolute Gasteiger partial charge is 0.346 e. The van der Waals surface area contributed by atoms with Crippen LogP contribution in [0, 0.1) is 0 Å². The van der Waals surface area contributed by atoms with Crippen molar-refractivity contribution in [2.24, 2.45) is 0 Å². The Morgan fingerprint density at radius 3 is 2.52 bits per heavy atom. The third-order valence-electron chi connectivity index (χ3n) is 4.14. The van der Waals surface area contributed by atoms with Gasteiger partial charge in [0.1, 0.15) is 10.6 Å². The van der Waals surface area contributed by atoms with Gasteiger partial charge in [0.05, 0.1) is 0 Å². The Bertz CT molecular complexity index is 645. The fourth-order valence-electron chi connectivity index (χ4n) is 2.20. The Hall–Kier alpha value is -1.01. The smallest absolute Gasteiger partial charge is 0.268 e. The maximum absolute atomic E-state index is 12.5. The second kappa shape index (κ2) is 5.65. The molecular formula is C14H21ClN2O3S. The van der Waals surface area contributed by atoms with Gasteiger partial charge in [0, 0.05) is 28.5 Å². The lowest BCUT2D eigenvalue weighted by atomic mass is 9.92. The molecule has 1 fully saturated rings. The van der Waals surface area contributed by atoms with E-state index in [2.05, 4.69) is 5.32 Å². The zero-order chi connectivity index (χ0) is 15.8. The molecule has 5 nitrogen and oxygen atoms in total. The van der Waals surface area contributed by atoms with E-state index in [0.29, 0.717) is 5.69 Å². The van der Waals surface area contributed by atoms with Gasteiger partial charge in [-0.3, -0.25) is 4.79 Å². The van der Waals surface area contributed by atoms with Crippen LogP contribution in [-0.2, 0) is 9.05 Å². The van der Waals surface area contributed by atoms with E-state index in [-0.39, 0.29) is 22.4 Å². The molecule has 0 aromatic carbocycles. The molecule has 1 N–H and O–H groups in total. The lowest BCUT2D eigenvalue weighted by molar-refractivity contribution is 0.0896. The van der Waals surface area contributed by atoms with Gasteiger partial charge >= 0.3 is 0 Å². The molecule has 0 atom stereocenters. The van der Waals surface area contributed by atoms with Crippen molar-refractivity contribution in [2.45, 2.75) is 62.9 Å². The van der Waals surface area contributed by atoms with Crippen LogP contribution in [0.3, 0.4) is 0 Å². The maximum atomic E-state index is 12.5. The molecule has 1 amide bonds. The summed E-state index contributed by atoms with van der Waals surface area (Å²) in [6.07, 6.45) is 5.25. The number of amides is 1. The molecule has 1 aliphatic rings. The molecule has 21 heavy (non-hydrogen) atoms. The maximum Gasteiger partial charge on any atom is 0.268 e. The van der Waals surface area contributed by atoms with Crippen molar-refractivity contribution in [3.63, 3.8) is 0 Å². The third kappa shape index (κ3) is 3.61. The standard InChI is InChI=1S/C14H21ClN2O3S/c1-4-14(2,3)16-13(18)12-8-11(21(15,19)20)9-17(12)10-6-5-7-10/h8-10H,4-7H2,1-3H3,(H,16,18). The molecule has 0 unspecified atom stereocenters. The molecule has 1 aliphatic carbocycles. The van der Waals surface area contributed by atoms with E-state index in [1.165, 1.54) is 12.3 Å². The molecule has 0 radical (unpaired) electrons. The summed E-state index contributed by atoms with van der Waals surface area (Å²) in [5.74, 6) is -0.264. The lowest BCUT2D eigenvalue weighted by Crippen LogP contribution is -2.43. The van der Waals surface area contributed by atoms with Gasteiger partial charge in [-0.15, -0.1) is 0 Å². The predicted octanol–water partition coefficient (Wildman–Crippen LogP) is 3.06. The van der Waals surface area contributed by atoms with E-state index < -0.39 is 9.05 Å². The number of carbonyl (C=O) groups excluding carboxylic acids is 1. The molecule has 1 heterocycles. The fourth-order valence-corrected chi connectivity index (χ4v) is 2.94. The number of nitrogens with zero attached hydrogens (tertiary/aromatic N) is 1. The number of carbonyl (C=O) groups is 1. The Labute approximate surface area is 130 Å². The van der Waals surface area contributed by atoms with Gasteiger partial charge in [-0.1, -0.05) is 6.92 Å². The Kier molecular flexibility index (Phi) is 4.40. The van der Waals surface area contributed by atoms with E-state index in [9.17, 15) is 13.2 Å². The predicted molar refractivity (Wildman–Crippen MR) is 82.2 cm³/mol. The number of nitrogens with one attached hydrogen (secondary N) is 1.